The molecule has 2 aromatic rings. The minimum absolute atomic E-state index is 0. The van der Waals surface area contributed by atoms with E-state index in [0.717, 1.165) is 69.4 Å². The monoisotopic (exact) mass is 397 g/mol. The molecular weight excluding hydrogens is 362 g/mol. The lowest BCUT2D eigenvalue weighted by Gasteiger charge is -2.30. The number of pyridine rings is 1. The van der Waals surface area contributed by atoms with Crippen LogP contribution in [-0.4, -0.2) is 50.6 Å². The highest BCUT2D eigenvalue weighted by Gasteiger charge is 2.16. The molecule has 6 heteroatoms. The number of aryl methyl sites for hydroxylation is 1. The van der Waals surface area contributed by atoms with Gasteiger partial charge in [0.25, 0.3) is 0 Å². The van der Waals surface area contributed by atoms with Crippen LogP contribution in [0.25, 0.3) is 0 Å². The highest BCUT2D eigenvalue weighted by molar-refractivity contribution is 5.80. The van der Waals surface area contributed by atoms with Crippen LogP contribution in [0.1, 0.15) is 39.2 Å². The Morgan fingerprint density at radius 1 is 1.17 bits per heavy atom. The first kappa shape index (κ1) is 21.1. The van der Waals surface area contributed by atoms with Crippen molar-refractivity contribution in [2.24, 2.45) is 5.10 Å². The molecule has 0 spiro atoms. The quantitative estimate of drug-likeness (QED) is 0.497. The maximum Gasteiger partial charge on any atom is 0.150 e. The van der Waals surface area contributed by atoms with E-state index >= 15 is 0 Å². The molecule has 6 nitrogen and oxygen atoms in total. The molecule has 1 N–H and O–H groups in total. The highest BCUT2D eigenvalue weighted by Crippen LogP contribution is 2.26. The number of rotatable bonds is 9. The summed E-state index contributed by atoms with van der Waals surface area (Å²) in [5.41, 5.74) is 6.63. The van der Waals surface area contributed by atoms with Crippen molar-refractivity contribution in [3.63, 3.8) is 0 Å². The van der Waals surface area contributed by atoms with E-state index in [1.54, 1.807) is 0 Å². The van der Waals surface area contributed by atoms with Crippen LogP contribution >= 0.6 is 0 Å². The number of hydrogen-bond donors (Lipinski definition) is 1. The predicted octanol–water partition coefficient (Wildman–Crippen LogP) is 4.55. The number of morpholine rings is 1. The van der Waals surface area contributed by atoms with Crippen LogP contribution in [0.5, 0.6) is 0 Å². The van der Waals surface area contributed by atoms with Gasteiger partial charge in [-0.2, -0.15) is 5.10 Å². The van der Waals surface area contributed by atoms with Crippen molar-refractivity contribution >= 4 is 23.5 Å². The summed E-state index contributed by atoms with van der Waals surface area (Å²) >= 11 is 0. The minimum atomic E-state index is 0. The van der Waals surface area contributed by atoms with Crippen LogP contribution in [0.15, 0.2) is 41.5 Å². The van der Waals surface area contributed by atoms with Gasteiger partial charge in [0.05, 0.1) is 19.4 Å². The Morgan fingerprint density at radius 3 is 2.62 bits per heavy atom. The zero-order valence-electron chi connectivity index (χ0n) is 17.9. The summed E-state index contributed by atoms with van der Waals surface area (Å²) in [5, 5.41) is 4.43. The van der Waals surface area contributed by atoms with E-state index in [-0.39, 0.29) is 1.43 Å². The number of ether oxygens (including phenoxy) is 1. The number of hydrazone groups is 1. The normalized spacial score (nSPS) is 14.4. The molecule has 1 aliphatic heterocycles. The fourth-order valence-corrected chi connectivity index (χ4v) is 3.53. The standard InChI is InChI=1S/C23H33N5O.H2/c1-4-9-27(10-5-2)21-16-22(25-23(17-21)28-11-13-29-14-12-28)26-24-18-20-8-6-7-19(3)15-20;/h6-8,15-18H,4-5,9-14H2,1-3H3,(H,25,26);1H/b24-18+;. The SMILES string of the molecule is CCCN(CCC)c1cc(N/N=C/c2cccc(C)c2)nc(N2CCOCC2)c1.[HH]. The first-order valence-corrected chi connectivity index (χ1v) is 10.6. The van der Waals surface area contributed by atoms with E-state index in [1.807, 2.05) is 18.3 Å². The van der Waals surface area contributed by atoms with Crippen LogP contribution in [0.4, 0.5) is 17.3 Å². The summed E-state index contributed by atoms with van der Waals surface area (Å²) in [6.07, 6.45) is 4.07. The van der Waals surface area contributed by atoms with E-state index in [0.29, 0.717) is 0 Å². The molecule has 158 valence electrons. The lowest BCUT2D eigenvalue weighted by atomic mass is 10.2. The summed E-state index contributed by atoms with van der Waals surface area (Å²) in [6.45, 7) is 11.8. The average molecular weight is 398 g/mol. The molecule has 3 rings (SSSR count). The third kappa shape index (κ3) is 6.19. The maximum absolute atomic E-state index is 5.51. The Labute approximate surface area is 176 Å². The summed E-state index contributed by atoms with van der Waals surface area (Å²) in [7, 11) is 0. The van der Waals surface area contributed by atoms with Crippen LogP contribution in [0.2, 0.25) is 0 Å². The summed E-state index contributed by atoms with van der Waals surface area (Å²) in [5.74, 6) is 1.75. The van der Waals surface area contributed by atoms with Gasteiger partial charge in [0.15, 0.2) is 5.82 Å². The van der Waals surface area contributed by atoms with Gasteiger partial charge >= 0.3 is 0 Å². The molecule has 0 atom stereocenters. The predicted molar refractivity (Wildman–Crippen MR) is 125 cm³/mol. The van der Waals surface area contributed by atoms with Crippen molar-refractivity contribution in [2.75, 3.05) is 54.6 Å². The van der Waals surface area contributed by atoms with Gasteiger partial charge in [0.2, 0.25) is 0 Å². The summed E-state index contributed by atoms with van der Waals surface area (Å²) in [6, 6.07) is 12.6. The number of hydrogen-bond acceptors (Lipinski definition) is 6. The summed E-state index contributed by atoms with van der Waals surface area (Å²) < 4.78 is 5.51. The number of nitrogens with one attached hydrogen (secondary N) is 1. The highest BCUT2D eigenvalue weighted by atomic mass is 16.5. The van der Waals surface area contributed by atoms with Crippen molar-refractivity contribution in [2.45, 2.75) is 33.6 Å². The molecule has 1 aromatic carbocycles. The van der Waals surface area contributed by atoms with Crippen molar-refractivity contribution < 1.29 is 6.16 Å². The van der Waals surface area contributed by atoms with Gasteiger partial charge in [0, 0.05) is 45.4 Å². The Hall–Kier alpha value is -2.60. The number of nitrogens with zero attached hydrogens (tertiary/aromatic N) is 4. The molecule has 0 bridgehead atoms. The largest absolute Gasteiger partial charge is 0.378 e. The van der Waals surface area contributed by atoms with Crippen molar-refractivity contribution in [3.8, 4) is 0 Å². The number of benzene rings is 1. The number of aromatic nitrogens is 1. The molecule has 0 unspecified atom stereocenters. The number of anilines is 3. The first-order valence-electron chi connectivity index (χ1n) is 10.6. The molecular formula is C23H35N5O. The second-order valence-corrected chi connectivity index (χ2v) is 7.44. The van der Waals surface area contributed by atoms with Gasteiger partial charge in [-0.15, -0.1) is 0 Å². The van der Waals surface area contributed by atoms with Gasteiger partial charge < -0.3 is 14.5 Å². The molecule has 1 fully saturated rings. The Balaban J connectivity index is 0.00000320. The minimum Gasteiger partial charge on any atom is -0.378 e. The molecule has 0 amide bonds. The first-order chi connectivity index (χ1) is 14.2. The van der Waals surface area contributed by atoms with E-state index in [4.69, 9.17) is 9.72 Å². The average Bonchev–Trinajstić information content (AvgIpc) is 2.74. The zero-order chi connectivity index (χ0) is 20.5. The van der Waals surface area contributed by atoms with Crippen molar-refractivity contribution in [1.29, 1.82) is 0 Å². The maximum atomic E-state index is 5.51. The lowest BCUT2D eigenvalue weighted by Crippen LogP contribution is -2.37. The second kappa shape index (κ2) is 10.8. The molecule has 1 aliphatic rings. The summed E-state index contributed by atoms with van der Waals surface area (Å²) in [4.78, 5) is 9.55. The fourth-order valence-electron chi connectivity index (χ4n) is 3.53. The third-order valence-electron chi connectivity index (χ3n) is 4.92. The Bertz CT molecular complexity index is 802. The molecule has 0 saturated carbocycles. The fraction of sp³-hybridized carbons (Fsp3) is 0.478. The van der Waals surface area contributed by atoms with Gasteiger partial charge in [0.1, 0.15) is 5.82 Å². The van der Waals surface area contributed by atoms with Gasteiger partial charge in [-0.1, -0.05) is 43.7 Å². The molecule has 0 radical (unpaired) electrons. The molecule has 2 heterocycles. The van der Waals surface area contributed by atoms with Crippen molar-refractivity contribution in [3.05, 3.63) is 47.5 Å². The van der Waals surface area contributed by atoms with Crippen LogP contribution in [-0.2, 0) is 4.74 Å². The van der Waals surface area contributed by atoms with Crippen LogP contribution in [0, 0.1) is 6.92 Å². The molecule has 1 aromatic heterocycles. The van der Waals surface area contributed by atoms with Crippen molar-refractivity contribution in [1.82, 2.24) is 4.98 Å². The molecule has 29 heavy (non-hydrogen) atoms. The van der Waals surface area contributed by atoms with Gasteiger partial charge in [-0.05, 0) is 25.3 Å². The Morgan fingerprint density at radius 2 is 1.93 bits per heavy atom. The zero-order valence-corrected chi connectivity index (χ0v) is 17.9. The van der Waals surface area contributed by atoms with Gasteiger partial charge in [-0.3, -0.25) is 5.43 Å². The topological polar surface area (TPSA) is 53.0 Å². The third-order valence-corrected chi connectivity index (χ3v) is 4.92. The smallest absolute Gasteiger partial charge is 0.150 e. The molecule has 1 saturated heterocycles. The van der Waals surface area contributed by atoms with Crippen LogP contribution < -0.4 is 15.2 Å². The van der Waals surface area contributed by atoms with E-state index < -0.39 is 0 Å². The lowest BCUT2D eigenvalue weighted by molar-refractivity contribution is 0.122. The van der Waals surface area contributed by atoms with Gasteiger partial charge in [-0.25, -0.2) is 4.98 Å². The van der Waals surface area contributed by atoms with E-state index in [1.165, 1.54) is 11.3 Å². The van der Waals surface area contributed by atoms with Crippen LogP contribution in [0.3, 0.4) is 0 Å². The molecule has 0 aliphatic carbocycles. The van der Waals surface area contributed by atoms with E-state index in [9.17, 15) is 0 Å². The van der Waals surface area contributed by atoms with E-state index in [2.05, 4.69) is 65.4 Å². The Kier molecular flexibility index (Phi) is 7.87. The second-order valence-electron chi connectivity index (χ2n) is 7.44.